The van der Waals surface area contributed by atoms with Gasteiger partial charge in [-0.3, -0.25) is 24.0 Å². The molecule has 0 aliphatic carbocycles. The van der Waals surface area contributed by atoms with E-state index in [1.165, 1.54) is 0 Å². The first kappa shape index (κ1) is 19.1. The molecule has 30 heavy (non-hydrogen) atoms. The highest BCUT2D eigenvalue weighted by molar-refractivity contribution is 6.01. The summed E-state index contributed by atoms with van der Waals surface area (Å²) in [6.07, 6.45) is -2.44. The number of ketones is 3. The largest absolute Gasteiger partial charge is 0.463 e. The maximum absolute atomic E-state index is 12.8. The van der Waals surface area contributed by atoms with Crippen LogP contribution in [0.3, 0.4) is 0 Å². The number of carbonyl (C=O) groups excluding carboxylic acids is 5. The van der Waals surface area contributed by atoms with Crippen molar-refractivity contribution in [3.05, 3.63) is 10.4 Å². The van der Waals surface area contributed by atoms with E-state index < -0.39 is 99.1 Å². The van der Waals surface area contributed by atoms with E-state index in [1.54, 1.807) is 5.32 Å². The second-order valence-electron chi connectivity index (χ2n) is 6.18. The monoisotopic (exact) mass is 434 g/mol. The van der Waals surface area contributed by atoms with Crippen molar-refractivity contribution in [2.45, 2.75) is 56.7 Å². The van der Waals surface area contributed by atoms with Gasteiger partial charge < -0.3 is 30.1 Å². The number of hydrogen-bond acceptors (Lipinski definition) is 11. The molecule has 1 aliphatic rings. The number of nitrogens with zero attached hydrogens (tertiary/aromatic N) is 3. The summed E-state index contributed by atoms with van der Waals surface area (Å²) < 4.78 is 38.6. The van der Waals surface area contributed by atoms with Crippen LogP contribution in [0.4, 0.5) is 0 Å². The van der Waals surface area contributed by atoms with Crippen molar-refractivity contribution in [2.24, 2.45) is 5.11 Å². The van der Waals surface area contributed by atoms with Gasteiger partial charge in [0.05, 0.1) is 0 Å². The summed E-state index contributed by atoms with van der Waals surface area (Å²) >= 11 is 0. The molecule has 4 N–H and O–H groups in total. The molecule has 0 aromatic carbocycles. The number of Topliss-reactive ketones (excluding diaryl/α,β-unsaturated/α-hetero) is 3. The van der Waals surface area contributed by atoms with Gasteiger partial charge in [-0.1, -0.05) is 5.11 Å². The second-order valence-corrected chi connectivity index (χ2v) is 6.18. The molecule has 1 heterocycles. The number of ether oxygens (including phenoxy) is 2. The third-order valence-corrected chi connectivity index (χ3v) is 4.41. The van der Waals surface area contributed by atoms with Crippen LogP contribution >= 0.6 is 0 Å². The van der Waals surface area contributed by atoms with E-state index in [0.29, 0.717) is 0 Å². The number of rotatable bonds is 8. The van der Waals surface area contributed by atoms with Crippen molar-refractivity contribution in [2.75, 3.05) is 13.2 Å². The summed E-state index contributed by atoms with van der Waals surface area (Å²) in [6.45, 7) is -7.22. The van der Waals surface area contributed by atoms with Crippen molar-refractivity contribution in [3.63, 3.8) is 0 Å². The van der Waals surface area contributed by atoms with Crippen molar-refractivity contribution < 1.29 is 54.2 Å². The zero-order valence-electron chi connectivity index (χ0n) is 19.4. The minimum absolute atomic E-state index is 0.957. The summed E-state index contributed by atoms with van der Waals surface area (Å²) in [4.78, 5) is 63.8. The molecule has 14 heteroatoms. The van der Waals surface area contributed by atoms with Crippen LogP contribution in [0.25, 0.3) is 10.4 Å². The average molecular weight is 434 g/mol. The number of hydrogen-bond donors (Lipinski definition) is 4. The van der Waals surface area contributed by atoms with E-state index in [1.807, 2.05) is 0 Å². The summed E-state index contributed by atoms with van der Waals surface area (Å²) in [6, 6.07) is -2.75. The summed E-state index contributed by atoms with van der Waals surface area (Å²) in [5.74, 6) is -11.1. The third kappa shape index (κ3) is 4.04. The lowest BCUT2D eigenvalue weighted by Crippen LogP contribution is -2.86. The van der Waals surface area contributed by atoms with Crippen molar-refractivity contribution >= 4 is 29.2 Å². The van der Waals surface area contributed by atoms with Crippen LogP contribution in [-0.4, -0.2) is 86.8 Å². The molecule has 1 unspecified atom stereocenters. The number of carbonyl (C=O) groups is 5. The molecular formula is C16H22N4O10. The molecule has 14 nitrogen and oxygen atoms in total. The highest BCUT2D eigenvalue weighted by Crippen LogP contribution is 2.44. The van der Waals surface area contributed by atoms with Crippen LogP contribution in [0.15, 0.2) is 5.11 Å². The van der Waals surface area contributed by atoms with E-state index in [9.17, 15) is 39.3 Å². The van der Waals surface area contributed by atoms with Crippen LogP contribution in [-0.2, 0) is 33.4 Å². The van der Waals surface area contributed by atoms with Gasteiger partial charge in [-0.05, 0) is 19.3 Å². The van der Waals surface area contributed by atoms with E-state index >= 15 is 0 Å². The number of amides is 1. The molecule has 1 amide bonds. The van der Waals surface area contributed by atoms with Crippen LogP contribution < -0.4 is 5.32 Å². The zero-order chi connectivity index (χ0) is 26.3. The third-order valence-electron chi connectivity index (χ3n) is 4.41. The lowest BCUT2D eigenvalue weighted by atomic mass is 9.64. The molecule has 1 aliphatic heterocycles. The molecule has 0 saturated carbocycles. The van der Waals surface area contributed by atoms with Gasteiger partial charge in [-0.25, -0.2) is 0 Å². The summed E-state index contributed by atoms with van der Waals surface area (Å²) in [5, 5.41) is 38.3. The first-order valence-electron chi connectivity index (χ1n) is 10.7. The fraction of sp³-hybridized carbons (Fsp3) is 0.688. The number of aliphatic hydroxyl groups is 3. The summed E-state index contributed by atoms with van der Waals surface area (Å²) in [5.41, 5.74) is 1.04. The highest BCUT2D eigenvalue weighted by atomic mass is 16.7. The SMILES string of the molecule is [2H]CC(=O)OC[C@H]1OC(O)(C(=O)C[2H])[C@H](NC(=O)CN=[N+]=[N-])[C@](O)(C(=O)C[2H])[C@@]1(O)C(=O)C[2H]. The van der Waals surface area contributed by atoms with Gasteiger partial charge in [0.1, 0.15) is 25.3 Å². The highest BCUT2D eigenvalue weighted by Gasteiger charge is 2.75. The lowest BCUT2D eigenvalue weighted by molar-refractivity contribution is -0.339. The fourth-order valence-corrected chi connectivity index (χ4v) is 2.94. The van der Waals surface area contributed by atoms with Gasteiger partial charge in [-0.15, -0.1) is 0 Å². The molecule has 0 radical (unpaired) electrons. The minimum atomic E-state index is -3.74. The first-order chi connectivity index (χ1) is 15.8. The first-order valence-corrected chi connectivity index (χ1v) is 7.92. The zero-order valence-corrected chi connectivity index (χ0v) is 15.4. The van der Waals surface area contributed by atoms with E-state index in [0.717, 1.165) is 0 Å². The molecule has 0 aromatic heterocycles. The topological polar surface area (TPSA) is 225 Å². The van der Waals surface area contributed by atoms with Crippen LogP contribution in [0.1, 0.15) is 33.1 Å². The Morgan fingerprint density at radius 3 is 2.23 bits per heavy atom. The lowest BCUT2D eigenvalue weighted by Gasteiger charge is -2.56. The minimum Gasteiger partial charge on any atom is -0.463 e. The van der Waals surface area contributed by atoms with Crippen molar-refractivity contribution in [3.8, 4) is 0 Å². The number of azide groups is 1. The average Bonchev–Trinajstić information content (AvgIpc) is 2.84. The Kier molecular flexibility index (Phi) is 5.63. The maximum Gasteiger partial charge on any atom is 0.302 e. The van der Waals surface area contributed by atoms with Gasteiger partial charge in [0, 0.05) is 24.2 Å². The van der Waals surface area contributed by atoms with Gasteiger partial charge in [-0.2, -0.15) is 0 Å². The smallest absolute Gasteiger partial charge is 0.302 e. The molecule has 0 aromatic rings. The molecule has 1 rings (SSSR count). The van der Waals surface area contributed by atoms with Gasteiger partial charge in [0.15, 0.2) is 28.6 Å². The predicted octanol–water partition coefficient (Wildman–Crippen LogP) is -2.34. The standard InChI is InChI=1S/C16H22N4O10/c1-7(21)14(26)11(6-29-10(4)24)30-16(28,9(3)23)13(15(14,27)8(2)22)19-12(25)5-18-20-17/h11,13,26-28H,5-6H2,1-4H3,(H,19,25)/t11-,13-,14-,15-,16?/m1/s1/i1D,2D,3D,4D. The Labute approximate surface area is 175 Å². The Hall–Kier alpha value is -2.90. The maximum atomic E-state index is 12.8. The Morgan fingerprint density at radius 1 is 1.10 bits per heavy atom. The van der Waals surface area contributed by atoms with E-state index in [4.69, 9.17) is 15.8 Å². The number of esters is 1. The Bertz CT molecular complexity index is 903. The molecule has 166 valence electrons. The van der Waals surface area contributed by atoms with Crippen LogP contribution in [0.5, 0.6) is 0 Å². The number of nitrogens with one attached hydrogen (secondary N) is 1. The Balaban J connectivity index is 3.89. The van der Waals surface area contributed by atoms with Gasteiger partial charge in [0.25, 0.3) is 5.79 Å². The van der Waals surface area contributed by atoms with Crippen molar-refractivity contribution in [1.82, 2.24) is 5.32 Å². The molecular weight excluding hydrogens is 408 g/mol. The van der Waals surface area contributed by atoms with Crippen LogP contribution in [0.2, 0.25) is 0 Å². The van der Waals surface area contributed by atoms with E-state index in [-0.39, 0.29) is 0 Å². The predicted molar refractivity (Wildman–Crippen MR) is 94.3 cm³/mol. The van der Waals surface area contributed by atoms with Gasteiger partial charge in [0.2, 0.25) is 5.91 Å². The molecule has 0 bridgehead atoms. The Morgan fingerprint density at radius 2 is 1.70 bits per heavy atom. The normalized spacial score (nSPS) is 34.8. The molecule has 5 atom stereocenters. The molecule has 0 spiro atoms. The van der Waals surface area contributed by atoms with Crippen LogP contribution in [0, 0.1) is 0 Å². The van der Waals surface area contributed by atoms with E-state index in [2.05, 4.69) is 14.8 Å². The molecule has 1 fully saturated rings. The van der Waals surface area contributed by atoms with Crippen molar-refractivity contribution in [1.29, 1.82) is 0 Å². The quantitative estimate of drug-likeness (QED) is 0.138. The summed E-state index contributed by atoms with van der Waals surface area (Å²) in [7, 11) is 0. The van der Waals surface area contributed by atoms with Gasteiger partial charge >= 0.3 is 5.97 Å². The fourth-order valence-electron chi connectivity index (χ4n) is 2.94. The second kappa shape index (κ2) is 8.85. The molecule has 1 saturated heterocycles.